The molecule has 0 amide bonds. The van der Waals surface area contributed by atoms with Crippen molar-refractivity contribution in [3.63, 3.8) is 0 Å². The Morgan fingerprint density at radius 3 is 2.89 bits per heavy atom. The number of hydrogen-bond donors (Lipinski definition) is 1. The van der Waals surface area contributed by atoms with Crippen LogP contribution in [-0.2, 0) is 11.3 Å². The highest BCUT2D eigenvalue weighted by atomic mass is 35.5. The molecule has 1 heterocycles. The lowest BCUT2D eigenvalue weighted by molar-refractivity contribution is 0.0791. The monoisotopic (exact) mass is 289 g/mol. The van der Waals surface area contributed by atoms with Gasteiger partial charge in [0.05, 0.1) is 11.1 Å². The van der Waals surface area contributed by atoms with Gasteiger partial charge in [0, 0.05) is 30.3 Å². The summed E-state index contributed by atoms with van der Waals surface area (Å²) in [7, 11) is 2.00. The highest BCUT2D eigenvalue weighted by molar-refractivity contribution is 6.35. The minimum absolute atomic E-state index is 0.111. The highest BCUT2D eigenvalue weighted by Crippen LogP contribution is 2.31. The molecule has 1 atom stereocenters. The van der Waals surface area contributed by atoms with Gasteiger partial charge in [0.25, 0.3) is 0 Å². The van der Waals surface area contributed by atoms with Gasteiger partial charge in [-0.1, -0.05) is 23.2 Å². The molecule has 3 nitrogen and oxygen atoms in total. The van der Waals surface area contributed by atoms with Crippen molar-refractivity contribution >= 4 is 23.2 Å². The number of likely N-dealkylation sites (N-methyl/N-ethyl adjacent to an activating group) is 1. The van der Waals surface area contributed by atoms with E-state index in [4.69, 9.17) is 27.9 Å². The summed E-state index contributed by atoms with van der Waals surface area (Å²) in [5, 5.41) is 10.7. The quantitative estimate of drug-likeness (QED) is 0.923. The summed E-state index contributed by atoms with van der Waals surface area (Å²) in [5.41, 5.74) is 0.744. The minimum Gasteiger partial charge on any atom is -0.506 e. The molecule has 1 unspecified atom stereocenters. The van der Waals surface area contributed by atoms with Crippen LogP contribution in [0.15, 0.2) is 12.1 Å². The second-order valence-electron chi connectivity index (χ2n) is 4.73. The molecule has 1 aliphatic rings. The molecule has 18 heavy (non-hydrogen) atoms. The predicted molar refractivity (Wildman–Crippen MR) is 73.4 cm³/mol. The van der Waals surface area contributed by atoms with E-state index in [-0.39, 0.29) is 5.75 Å². The van der Waals surface area contributed by atoms with E-state index in [1.165, 1.54) is 0 Å². The molecule has 1 aromatic rings. The predicted octanol–water partition coefficient (Wildman–Crippen LogP) is 3.31. The molecule has 0 radical (unpaired) electrons. The zero-order valence-electron chi connectivity index (χ0n) is 10.3. The zero-order valence-corrected chi connectivity index (χ0v) is 11.8. The van der Waals surface area contributed by atoms with Crippen LogP contribution in [0.2, 0.25) is 10.0 Å². The van der Waals surface area contributed by atoms with Crippen molar-refractivity contribution in [2.45, 2.75) is 25.5 Å². The summed E-state index contributed by atoms with van der Waals surface area (Å²) in [6, 6.07) is 3.29. The molecule has 0 saturated carbocycles. The number of phenolic OH excluding ortho intramolecular Hbond substituents is 1. The number of phenols is 1. The van der Waals surface area contributed by atoms with Crippen LogP contribution in [0.4, 0.5) is 0 Å². The third kappa shape index (κ3) is 3.51. The minimum atomic E-state index is 0.111. The van der Waals surface area contributed by atoms with E-state index in [0.717, 1.165) is 31.6 Å². The molecule has 1 aliphatic heterocycles. The van der Waals surface area contributed by atoms with Gasteiger partial charge in [0.15, 0.2) is 0 Å². The van der Waals surface area contributed by atoms with E-state index in [9.17, 15) is 5.11 Å². The standard InChI is InChI=1S/C13H17Cl2NO2/c1-16(8-11-3-2-4-18-11)7-9-5-10(14)6-12(15)13(9)17/h5-6,11,17H,2-4,7-8H2,1H3. The second kappa shape index (κ2) is 6.11. The molecule has 0 spiro atoms. The first-order valence-electron chi connectivity index (χ1n) is 6.03. The van der Waals surface area contributed by atoms with Crippen molar-refractivity contribution in [2.75, 3.05) is 20.2 Å². The maximum absolute atomic E-state index is 9.88. The molecule has 1 saturated heterocycles. The van der Waals surface area contributed by atoms with Gasteiger partial charge in [-0.25, -0.2) is 0 Å². The highest BCUT2D eigenvalue weighted by Gasteiger charge is 2.18. The van der Waals surface area contributed by atoms with E-state index in [0.29, 0.717) is 22.7 Å². The van der Waals surface area contributed by atoms with Gasteiger partial charge in [0.1, 0.15) is 5.75 Å². The number of rotatable bonds is 4. The van der Waals surface area contributed by atoms with Gasteiger partial charge < -0.3 is 9.84 Å². The smallest absolute Gasteiger partial charge is 0.138 e. The second-order valence-corrected chi connectivity index (χ2v) is 5.57. The number of nitrogens with zero attached hydrogens (tertiary/aromatic N) is 1. The fraction of sp³-hybridized carbons (Fsp3) is 0.538. The summed E-state index contributed by atoms with van der Waals surface area (Å²) in [6.07, 6.45) is 2.53. The Kier molecular flexibility index (Phi) is 4.73. The van der Waals surface area contributed by atoms with Gasteiger partial charge in [0.2, 0.25) is 0 Å². The topological polar surface area (TPSA) is 32.7 Å². The molecule has 0 aromatic heterocycles. The van der Waals surface area contributed by atoms with Crippen molar-refractivity contribution < 1.29 is 9.84 Å². The molecule has 0 aliphatic carbocycles. The largest absolute Gasteiger partial charge is 0.506 e. The van der Waals surface area contributed by atoms with E-state index < -0.39 is 0 Å². The van der Waals surface area contributed by atoms with Gasteiger partial charge in [-0.15, -0.1) is 0 Å². The van der Waals surface area contributed by atoms with E-state index >= 15 is 0 Å². The fourth-order valence-corrected chi connectivity index (χ4v) is 2.77. The normalized spacial score (nSPS) is 19.7. The summed E-state index contributed by atoms with van der Waals surface area (Å²) >= 11 is 11.8. The van der Waals surface area contributed by atoms with Crippen molar-refractivity contribution in [1.82, 2.24) is 4.90 Å². The molecule has 1 aromatic carbocycles. The molecular weight excluding hydrogens is 273 g/mol. The first-order valence-corrected chi connectivity index (χ1v) is 6.79. The maximum atomic E-state index is 9.88. The lowest BCUT2D eigenvalue weighted by Crippen LogP contribution is -2.28. The lowest BCUT2D eigenvalue weighted by Gasteiger charge is -2.21. The van der Waals surface area contributed by atoms with Crippen LogP contribution in [0.25, 0.3) is 0 Å². The van der Waals surface area contributed by atoms with Crippen molar-refractivity contribution in [3.05, 3.63) is 27.7 Å². The van der Waals surface area contributed by atoms with Crippen LogP contribution in [0.3, 0.4) is 0 Å². The zero-order chi connectivity index (χ0) is 13.1. The number of halogens is 2. The number of hydrogen-bond acceptors (Lipinski definition) is 3. The number of ether oxygens (including phenoxy) is 1. The Labute approximate surface area is 117 Å². The molecule has 0 bridgehead atoms. The number of aromatic hydroxyl groups is 1. The van der Waals surface area contributed by atoms with Crippen LogP contribution >= 0.6 is 23.2 Å². The Hall–Kier alpha value is -0.480. The van der Waals surface area contributed by atoms with Crippen LogP contribution < -0.4 is 0 Å². The van der Waals surface area contributed by atoms with Crippen LogP contribution in [-0.4, -0.2) is 36.3 Å². The van der Waals surface area contributed by atoms with E-state index in [1.807, 2.05) is 7.05 Å². The van der Waals surface area contributed by atoms with E-state index in [2.05, 4.69) is 4.90 Å². The SMILES string of the molecule is CN(Cc1cc(Cl)cc(Cl)c1O)CC1CCCO1. The Bertz CT molecular complexity index is 420. The van der Waals surface area contributed by atoms with Crippen molar-refractivity contribution in [2.24, 2.45) is 0 Å². The van der Waals surface area contributed by atoms with Crippen LogP contribution in [0.5, 0.6) is 5.75 Å². The summed E-state index contributed by atoms with van der Waals surface area (Å²) < 4.78 is 5.58. The van der Waals surface area contributed by atoms with Crippen LogP contribution in [0.1, 0.15) is 18.4 Å². The Morgan fingerprint density at radius 2 is 2.22 bits per heavy atom. The Morgan fingerprint density at radius 1 is 1.44 bits per heavy atom. The number of benzene rings is 1. The van der Waals surface area contributed by atoms with Crippen molar-refractivity contribution in [3.8, 4) is 5.75 Å². The first-order chi connectivity index (χ1) is 8.56. The molecule has 1 fully saturated rings. The third-order valence-corrected chi connectivity index (χ3v) is 3.59. The molecule has 2 rings (SSSR count). The van der Waals surface area contributed by atoms with E-state index in [1.54, 1.807) is 12.1 Å². The maximum Gasteiger partial charge on any atom is 0.138 e. The third-order valence-electron chi connectivity index (χ3n) is 3.09. The average Bonchev–Trinajstić information content (AvgIpc) is 2.77. The molecule has 1 N–H and O–H groups in total. The molecular formula is C13H17Cl2NO2. The Balaban J connectivity index is 1.99. The summed E-state index contributed by atoms with van der Waals surface area (Å²) in [6.45, 7) is 2.31. The average molecular weight is 290 g/mol. The fourth-order valence-electron chi connectivity index (χ4n) is 2.23. The van der Waals surface area contributed by atoms with Gasteiger partial charge in [-0.2, -0.15) is 0 Å². The van der Waals surface area contributed by atoms with Crippen molar-refractivity contribution in [1.29, 1.82) is 0 Å². The van der Waals surface area contributed by atoms with Gasteiger partial charge in [-0.3, -0.25) is 4.90 Å². The first kappa shape index (κ1) is 13.9. The van der Waals surface area contributed by atoms with Crippen LogP contribution in [0, 0.1) is 0 Å². The lowest BCUT2D eigenvalue weighted by atomic mass is 10.1. The molecule has 5 heteroatoms. The van der Waals surface area contributed by atoms with Gasteiger partial charge in [-0.05, 0) is 32.0 Å². The van der Waals surface area contributed by atoms with Gasteiger partial charge >= 0.3 is 0 Å². The molecule has 100 valence electrons. The summed E-state index contributed by atoms with van der Waals surface area (Å²) in [5.74, 6) is 0.111. The summed E-state index contributed by atoms with van der Waals surface area (Å²) in [4.78, 5) is 2.11.